The average Bonchev–Trinajstić information content (AvgIpc) is 2.30. The van der Waals surface area contributed by atoms with E-state index in [2.05, 4.69) is 22.5 Å². The van der Waals surface area contributed by atoms with E-state index in [0.717, 1.165) is 13.1 Å². The lowest BCUT2D eigenvalue weighted by Gasteiger charge is -2.23. The van der Waals surface area contributed by atoms with Crippen LogP contribution in [0.1, 0.15) is 0 Å². The van der Waals surface area contributed by atoms with Gasteiger partial charge in [-0.15, -0.1) is 11.6 Å². The smallest absolute Gasteiger partial charge is 0.0856 e. The van der Waals surface area contributed by atoms with Crippen LogP contribution in [-0.2, 0) is 0 Å². The molecule has 1 aliphatic rings. The summed E-state index contributed by atoms with van der Waals surface area (Å²) in [6.07, 6.45) is 2.54. The summed E-state index contributed by atoms with van der Waals surface area (Å²) in [6, 6.07) is 0. The molecule has 0 bridgehead atoms. The molecule has 4 heteroatoms. The highest BCUT2D eigenvalue weighted by Crippen LogP contribution is 2.20. The van der Waals surface area contributed by atoms with Gasteiger partial charge < -0.3 is 0 Å². The molecule has 0 saturated carbocycles. The standard InChI is InChI=1S/C6H13ClN2S/c1-8-3-4-9(10-2)6(8)5-7/h6H,3-5H2,1-2H3. The SMILES string of the molecule is CSN1CCN(C)C1CCl. The van der Waals surface area contributed by atoms with Gasteiger partial charge in [0.25, 0.3) is 0 Å². The highest BCUT2D eigenvalue weighted by Gasteiger charge is 2.27. The Balaban J connectivity index is 2.45. The molecule has 1 atom stereocenters. The fourth-order valence-corrected chi connectivity index (χ4v) is 2.41. The molecule has 1 unspecified atom stereocenters. The molecular formula is C6H13ClN2S. The van der Waals surface area contributed by atoms with E-state index < -0.39 is 0 Å². The summed E-state index contributed by atoms with van der Waals surface area (Å²) in [5.41, 5.74) is 0. The van der Waals surface area contributed by atoms with E-state index >= 15 is 0 Å². The molecule has 0 aromatic heterocycles. The van der Waals surface area contributed by atoms with E-state index in [9.17, 15) is 0 Å². The fourth-order valence-electron chi connectivity index (χ4n) is 1.18. The second-order valence-corrected chi connectivity index (χ2v) is 3.58. The van der Waals surface area contributed by atoms with Crippen molar-refractivity contribution in [3.05, 3.63) is 0 Å². The Hall–Kier alpha value is 0.560. The van der Waals surface area contributed by atoms with Gasteiger partial charge in [-0.2, -0.15) is 0 Å². The zero-order valence-corrected chi connectivity index (χ0v) is 7.95. The lowest BCUT2D eigenvalue weighted by atomic mass is 10.5. The number of hydrogen-bond donors (Lipinski definition) is 0. The van der Waals surface area contributed by atoms with Crippen molar-refractivity contribution in [2.75, 3.05) is 32.3 Å². The third-order valence-electron chi connectivity index (χ3n) is 1.89. The van der Waals surface area contributed by atoms with E-state index in [-0.39, 0.29) is 0 Å². The van der Waals surface area contributed by atoms with E-state index in [1.165, 1.54) is 0 Å². The highest BCUT2D eigenvalue weighted by molar-refractivity contribution is 7.96. The molecule has 1 rings (SSSR count). The number of likely N-dealkylation sites (N-methyl/N-ethyl adjacent to an activating group) is 1. The summed E-state index contributed by atoms with van der Waals surface area (Å²) in [6.45, 7) is 2.27. The van der Waals surface area contributed by atoms with Crippen LogP contribution in [0.2, 0.25) is 0 Å². The molecule has 0 amide bonds. The maximum absolute atomic E-state index is 5.78. The van der Waals surface area contributed by atoms with Crippen molar-refractivity contribution in [1.29, 1.82) is 0 Å². The molecule has 0 spiro atoms. The molecule has 2 nitrogen and oxygen atoms in total. The van der Waals surface area contributed by atoms with Gasteiger partial charge in [-0.3, -0.25) is 4.90 Å². The van der Waals surface area contributed by atoms with Crippen LogP contribution in [0, 0.1) is 0 Å². The number of alkyl halides is 1. The summed E-state index contributed by atoms with van der Waals surface area (Å²) in [5.74, 6) is 0.706. The van der Waals surface area contributed by atoms with Crippen LogP contribution in [0.15, 0.2) is 0 Å². The van der Waals surface area contributed by atoms with Crippen LogP contribution in [0.4, 0.5) is 0 Å². The number of halogens is 1. The first-order valence-electron chi connectivity index (χ1n) is 3.36. The van der Waals surface area contributed by atoms with Crippen molar-refractivity contribution in [2.45, 2.75) is 6.17 Å². The first kappa shape index (κ1) is 8.65. The van der Waals surface area contributed by atoms with E-state index in [1.807, 2.05) is 0 Å². The van der Waals surface area contributed by atoms with E-state index in [1.54, 1.807) is 11.9 Å². The van der Waals surface area contributed by atoms with Gasteiger partial charge in [0.2, 0.25) is 0 Å². The van der Waals surface area contributed by atoms with Gasteiger partial charge in [0.1, 0.15) is 0 Å². The largest absolute Gasteiger partial charge is 0.288 e. The molecule has 0 aliphatic carbocycles. The van der Waals surface area contributed by atoms with Crippen LogP contribution < -0.4 is 0 Å². The van der Waals surface area contributed by atoms with E-state index in [0.29, 0.717) is 12.0 Å². The van der Waals surface area contributed by atoms with Crippen LogP contribution in [0.3, 0.4) is 0 Å². The Morgan fingerprint density at radius 3 is 2.70 bits per heavy atom. The van der Waals surface area contributed by atoms with Crippen molar-refractivity contribution in [3.63, 3.8) is 0 Å². The van der Waals surface area contributed by atoms with Crippen molar-refractivity contribution < 1.29 is 0 Å². The molecule has 1 heterocycles. The minimum absolute atomic E-state index is 0.441. The van der Waals surface area contributed by atoms with Gasteiger partial charge in [0.15, 0.2) is 0 Å². The minimum atomic E-state index is 0.441. The molecule has 60 valence electrons. The third-order valence-corrected chi connectivity index (χ3v) is 3.06. The van der Waals surface area contributed by atoms with E-state index in [4.69, 9.17) is 11.6 Å². The van der Waals surface area contributed by atoms with Gasteiger partial charge in [-0.25, -0.2) is 4.31 Å². The first-order valence-corrected chi connectivity index (χ1v) is 5.08. The van der Waals surface area contributed by atoms with Gasteiger partial charge in [-0.1, -0.05) is 11.9 Å². The number of hydrogen-bond acceptors (Lipinski definition) is 3. The molecule has 0 aromatic rings. The number of nitrogens with zero attached hydrogens (tertiary/aromatic N) is 2. The number of rotatable bonds is 2. The van der Waals surface area contributed by atoms with Crippen LogP contribution in [0.25, 0.3) is 0 Å². The van der Waals surface area contributed by atoms with Crippen molar-refractivity contribution in [2.24, 2.45) is 0 Å². The molecule has 0 radical (unpaired) electrons. The Kier molecular flexibility index (Phi) is 3.30. The second-order valence-electron chi connectivity index (χ2n) is 2.44. The summed E-state index contributed by atoms with van der Waals surface area (Å²) >= 11 is 7.56. The summed E-state index contributed by atoms with van der Waals surface area (Å²) in [7, 11) is 2.11. The molecule has 10 heavy (non-hydrogen) atoms. The van der Waals surface area contributed by atoms with Crippen LogP contribution in [0.5, 0.6) is 0 Å². The van der Waals surface area contributed by atoms with Crippen molar-refractivity contribution in [3.8, 4) is 0 Å². The lowest BCUT2D eigenvalue weighted by molar-refractivity contribution is 0.268. The first-order chi connectivity index (χ1) is 4.79. The molecule has 1 aliphatic heterocycles. The maximum Gasteiger partial charge on any atom is 0.0856 e. The molecule has 1 fully saturated rings. The van der Waals surface area contributed by atoms with Gasteiger partial charge >= 0.3 is 0 Å². The Labute approximate surface area is 71.6 Å². The second kappa shape index (κ2) is 3.81. The Bertz CT molecular complexity index is 112. The zero-order chi connectivity index (χ0) is 7.56. The van der Waals surface area contributed by atoms with Gasteiger partial charge in [-0.05, 0) is 13.3 Å². The topological polar surface area (TPSA) is 6.48 Å². The maximum atomic E-state index is 5.78. The zero-order valence-electron chi connectivity index (χ0n) is 6.38. The summed E-state index contributed by atoms with van der Waals surface area (Å²) in [5, 5.41) is 0. The van der Waals surface area contributed by atoms with Crippen LogP contribution in [-0.4, -0.2) is 47.6 Å². The fraction of sp³-hybridized carbons (Fsp3) is 1.00. The third kappa shape index (κ3) is 1.59. The quantitative estimate of drug-likeness (QED) is 0.464. The minimum Gasteiger partial charge on any atom is -0.288 e. The molecule has 0 N–H and O–H groups in total. The predicted molar refractivity (Wildman–Crippen MR) is 47.4 cm³/mol. The summed E-state index contributed by atoms with van der Waals surface area (Å²) < 4.78 is 2.31. The Morgan fingerprint density at radius 1 is 1.60 bits per heavy atom. The molecular weight excluding hydrogens is 168 g/mol. The normalized spacial score (nSPS) is 29.7. The lowest BCUT2D eigenvalue weighted by Crippen LogP contribution is -2.34. The molecule has 0 aromatic carbocycles. The average molecular weight is 181 g/mol. The summed E-state index contributed by atoms with van der Waals surface area (Å²) in [4.78, 5) is 2.28. The predicted octanol–water partition coefficient (Wildman–Crippen LogP) is 1.08. The van der Waals surface area contributed by atoms with Crippen molar-refractivity contribution in [1.82, 2.24) is 9.21 Å². The van der Waals surface area contributed by atoms with Crippen LogP contribution >= 0.6 is 23.5 Å². The molecule has 1 saturated heterocycles. The van der Waals surface area contributed by atoms with Gasteiger partial charge in [0, 0.05) is 13.1 Å². The monoisotopic (exact) mass is 180 g/mol. The van der Waals surface area contributed by atoms with Gasteiger partial charge in [0.05, 0.1) is 12.0 Å². The Morgan fingerprint density at radius 2 is 2.30 bits per heavy atom. The highest BCUT2D eigenvalue weighted by atomic mass is 35.5. The van der Waals surface area contributed by atoms with Crippen molar-refractivity contribution >= 4 is 23.5 Å².